The maximum atomic E-state index is 11.4. The average Bonchev–Trinajstić information content (AvgIpc) is 2.45. The summed E-state index contributed by atoms with van der Waals surface area (Å²) in [6.07, 6.45) is 2.90. The molecule has 1 heterocycles. The zero-order valence-corrected chi connectivity index (χ0v) is 12.4. The summed E-state index contributed by atoms with van der Waals surface area (Å²) < 4.78 is 10.8. The number of pyridine rings is 1. The fourth-order valence-corrected chi connectivity index (χ4v) is 1.41. The molecule has 6 heteroatoms. The first-order valence-electron chi connectivity index (χ1n) is 6.63. The van der Waals surface area contributed by atoms with Gasteiger partial charge in [0.05, 0.1) is 12.3 Å². The Morgan fingerprint density at radius 1 is 1.38 bits per heavy atom. The summed E-state index contributed by atoms with van der Waals surface area (Å²) in [5.41, 5.74) is 6.18. The van der Waals surface area contributed by atoms with Gasteiger partial charge in [-0.1, -0.05) is 13.8 Å². The van der Waals surface area contributed by atoms with Crippen molar-refractivity contribution >= 4 is 18.3 Å². The lowest BCUT2D eigenvalue weighted by Gasteiger charge is -2.17. The Kier molecular flexibility index (Phi) is 6.55. The smallest absolute Gasteiger partial charge is 0.283 e. The molecule has 21 heavy (non-hydrogen) atoms. The molecule has 0 aliphatic rings. The molecule has 0 aliphatic carbocycles. The van der Waals surface area contributed by atoms with Gasteiger partial charge in [-0.2, -0.15) is 0 Å². The summed E-state index contributed by atoms with van der Waals surface area (Å²) in [5.74, 6) is -0.400. The molecule has 0 saturated carbocycles. The summed E-state index contributed by atoms with van der Waals surface area (Å²) >= 11 is 0. The predicted octanol–water partition coefficient (Wildman–Crippen LogP) is 1.76. The Bertz CT molecular complexity index is 509. The van der Waals surface area contributed by atoms with Crippen LogP contribution >= 0.6 is 0 Å². The Morgan fingerprint density at radius 2 is 2.10 bits per heavy atom. The molecule has 0 bridgehead atoms. The van der Waals surface area contributed by atoms with Crippen LogP contribution in [-0.4, -0.2) is 30.1 Å². The van der Waals surface area contributed by atoms with Crippen molar-refractivity contribution in [3.8, 4) is 0 Å². The van der Waals surface area contributed by atoms with Gasteiger partial charge in [-0.15, -0.1) is 0 Å². The summed E-state index contributed by atoms with van der Waals surface area (Å²) in [6.45, 7) is 6.22. The number of nitrogens with two attached hydrogens (primary N) is 1. The summed E-state index contributed by atoms with van der Waals surface area (Å²) in [7, 11) is 0. The van der Waals surface area contributed by atoms with Gasteiger partial charge in [-0.25, -0.2) is 0 Å². The number of hydrogen-bond donors (Lipinski definition) is 1. The number of amides is 1. The highest BCUT2D eigenvalue weighted by Gasteiger charge is 2.13. The van der Waals surface area contributed by atoms with Crippen LogP contribution in [0.3, 0.4) is 0 Å². The van der Waals surface area contributed by atoms with Crippen molar-refractivity contribution in [1.29, 1.82) is 0 Å². The van der Waals surface area contributed by atoms with E-state index in [2.05, 4.69) is 4.98 Å². The molecule has 0 aliphatic heterocycles. The first-order chi connectivity index (χ1) is 9.92. The molecule has 1 unspecified atom stereocenters. The maximum Gasteiger partial charge on any atom is 0.283 e. The third-order valence-corrected chi connectivity index (χ3v) is 2.42. The summed E-state index contributed by atoms with van der Waals surface area (Å²) in [6, 6.07) is 3.18. The number of carbonyl (C=O) groups is 2. The molecule has 1 aromatic rings. The number of nitrogens with zero attached hydrogens (tertiary/aromatic N) is 1. The number of primary amides is 1. The van der Waals surface area contributed by atoms with E-state index in [9.17, 15) is 9.59 Å². The van der Waals surface area contributed by atoms with Crippen LogP contribution < -0.4 is 5.73 Å². The van der Waals surface area contributed by atoms with E-state index < -0.39 is 12.2 Å². The molecule has 114 valence electrons. The molecule has 1 atom stereocenters. The molecule has 6 nitrogen and oxygen atoms in total. The minimum absolute atomic E-state index is 0.0439. The Balaban J connectivity index is 2.77. The highest BCUT2D eigenvalue weighted by atomic mass is 16.7. The highest BCUT2D eigenvalue weighted by molar-refractivity contribution is 5.94. The number of aromatic nitrogens is 1. The van der Waals surface area contributed by atoms with Crippen LogP contribution in [0.25, 0.3) is 6.08 Å². The number of carbonyl (C=O) groups excluding carboxylic acids is 2. The van der Waals surface area contributed by atoms with Crippen LogP contribution in [0.5, 0.6) is 0 Å². The lowest BCUT2D eigenvalue weighted by atomic mass is 10.2. The van der Waals surface area contributed by atoms with E-state index in [1.807, 2.05) is 13.8 Å². The van der Waals surface area contributed by atoms with E-state index in [1.54, 1.807) is 19.1 Å². The second kappa shape index (κ2) is 8.16. The topological polar surface area (TPSA) is 91.5 Å². The monoisotopic (exact) mass is 292 g/mol. The van der Waals surface area contributed by atoms with Gasteiger partial charge >= 0.3 is 0 Å². The molecule has 0 fully saturated rings. The van der Waals surface area contributed by atoms with Gasteiger partial charge < -0.3 is 15.2 Å². The van der Waals surface area contributed by atoms with Crippen LogP contribution in [0.15, 0.2) is 24.1 Å². The van der Waals surface area contributed by atoms with Crippen LogP contribution in [0, 0.1) is 5.92 Å². The minimum Gasteiger partial charge on any atom is -0.459 e. The zero-order valence-electron chi connectivity index (χ0n) is 12.4. The standard InChI is InChI=1S/C15H20N2O4/c1-10(2)9-20-11(3)21-14(15(16)19)6-13-5-4-12(8-18)7-17-13/h4-8,10-11H,9H2,1-3H3,(H2,16,19)/b14-6+. The summed E-state index contributed by atoms with van der Waals surface area (Å²) in [5, 5.41) is 0. The third kappa shape index (κ3) is 6.18. The van der Waals surface area contributed by atoms with Crippen molar-refractivity contribution < 1.29 is 19.1 Å². The average molecular weight is 292 g/mol. The van der Waals surface area contributed by atoms with Gasteiger partial charge in [0.15, 0.2) is 18.3 Å². The molecule has 1 amide bonds. The van der Waals surface area contributed by atoms with Crippen molar-refractivity contribution in [2.45, 2.75) is 27.1 Å². The number of hydrogen-bond acceptors (Lipinski definition) is 5. The van der Waals surface area contributed by atoms with Crippen molar-refractivity contribution in [1.82, 2.24) is 4.98 Å². The number of rotatable bonds is 8. The molecule has 1 rings (SSSR count). The van der Waals surface area contributed by atoms with E-state index >= 15 is 0 Å². The third-order valence-electron chi connectivity index (χ3n) is 2.42. The quantitative estimate of drug-likeness (QED) is 0.341. The molecular formula is C15H20N2O4. The second-order valence-corrected chi connectivity index (χ2v) is 4.92. The predicted molar refractivity (Wildman–Crippen MR) is 78.1 cm³/mol. The molecular weight excluding hydrogens is 272 g/mol. The van der Waals surface area contributed by atoms with Gasteiger partial charge in [-0.05, 0) is 25.0 Å². The van der Waals surface area contributed by atoms with Crippen LogP contribution in [0.2, 0.25) is 0 Å². The second-order valence-electron chi connectivity index (χ2n) is 4.92. The Labute approximate surface area is 124 Å². The molecule has 0 radical (unpaired) electrons. The number of aldehydes is 1. The normalized spacial score (nSPS) is 13.0. The number of ether oxygens (including phenoxy) is 2. The van der Waals surface area contributed by atoms with Crippen molar-refractivity contribution in [3.63, 3.8) is 0 Å². The van der Waals surface area contributed by atoms with Crippen LogP contribution in [-0.2, 0) is 14.3 Å². The minimum atomic E-state index is -0.712. The highest BCUT2D eigenvalue weighted by Crippen LogP contribution is 2.10. The van der Waals surface area contributed by atoms with Gasteiger partial charge in [0.2, 0.25) is 0 Å². The lowest BCUT2D eigenvalue weighted by molar-refractivity contribution is -0.134. The fourth-order valence-electron chi connectivity index (χ4n) is 1.41. The molecule has 0 aromatic carbocycles. The SMILES string of the molecule is CC(C)COC(C)O/C(=C/c1ccc(C=O)cn1)C(N)=O. The first-order valence-corrected chi connectivity index (χ1v) is 6.63. The van der Waals surface area contributed by atoms with Crippen molar-refractivity contribution in [2.24, 2.45) is 11.7 Å². The Hall–Kier alpha value is -2.21. The van der Waals surface area contributed by atoms with E-state index in [4.69, 9.17) is 15.2 Å². The van der Waals surface area contributed by atoms with Gasteiger partial charge in [0.1, 0.15) is 0 Å². The van der Waals surface area contributed by atoms with E-state index in [1.165, 1.54) is 12.3 Å². The van der Waals surface area contributed by atoms with E-state index in [0.717, 1.165) is 0 Å². The van der Waals surface area contributed by atoms with Gasteiger partial charge in [-0.3, -0.25) is 14.6 Å². The first kappa shape index (κ1) is 16.8. The molecule has 0 saturated heterocycles. The van der Waals surface area contributed by atoms with Crippen LogP contribution in [0.1, 0.15) is 36.8 Å². The van der Waals surface area contributed by atoms with Gasteiger partial charge in [0.25, 0.3) is 5.91 Å². The van der Waals surface area contributed by atoms with Gasteiger partial charge in [0, 0.05) is 17.8 Å². The molecule has 0 spiro atoms. The Morgan fingerprint density at radius 3 is 2.57 bits per heavy atom. The largest absolute Gasteiger partial charge is 0.459 e. The van der Waals surface area contributed by atoms with Crippen molar-refractivity contribution in [2.75, 3.05) is 6.61 Å². The fraction of sp³-hybridized carbons (Fsp3) is 0.400. The zero-order chi connectivity index (χ0) is 15.8. The van der Waals surface area contributed by atoms with Crippen LogP contribution in [0.4, 0.5) is 0 Å². The summed E-state index contributed by atoms with van der Waals surface area (Å²) in [4.78, 5) is 26.0. The van der Waals surface area contributed by atoms with E-state index in [-0.39, 0.29) is 5.76 Å². The lowest BCUT2D eigenvalue weighted by Crippen LogP contribution is -2.23. The van der Waals surface area contributed by atoms with Crippen molar-refractivity contribution in [3.05, 3.63) is 35.3 Å². The molecule has 2 N–H and O–H groups in total. The molecule has 1 aromatic heterocycles. The van der Waals surface area contributed by atoms with E-state index in [0.29, 0.717) is 30.1 Å². The maximum absolute atomic E-state index is 11.4.